The molecule has 10 heteroatoms. The number of amides is 2. The third-order valence-electron chi connectivity index (χ3n) is 5.04. The quantitative estimate of drug-likeness (QED) is 0.425. The van der Waals surface area contributed by atoms with Crippen molar-refractivity contribution in [3.63, 3.8) is 0 Å². The maximum atomic E-state index is 13.1. The monoisotopic (exact) mass is 480 g/mol. The van der Waals surface area contributed by atoms with Crippen LogP contribution >= 0.6 is 0 Å². The minimum absolute atomic E-state index is 0.0682. The number of nitrogens with one attached hydrogen (secondary N) is 2. The summed E-state index contributed by atoms with van der Waals surface area (Å²) in [7, 11) is 1.57. The number of esters is 2. The number of H-pyrrole nitrogens is 1. The molecular weight excluding hydrogens is 452 g/mol. The van der Waals surface area contributed by atoms with Crippen molar-refractivity contribution < 1.29 is 28.6 Å². The molecule has 10 nitrogen and oxygen atoms in total. The number of anilines is 1. The maximum absolute atomic E-state index is 13.1. The van der Waals surface area contributed by atoms with Crippen LogP contribution in [-0.2, 0) is 25.6 Å². The second kappa shape index (κ2) is 12.2. The van der Waals surface area contributed by atoms with Gasteiger partial charge in [-0.25, -0.2) is 9.59 Å². The van der Waals surface area contributed by atoms with Crippen LogP contribution in [0.1, 0.15) is 19.4 Å². The van der Waals surface area contributed by atoms with Crippen LogP contribution in [-0.4, -0.2) is 59.4 Å². The molecule has 0 saturated carbocycles. The van der Waals surface area contributed by atoms with Crippen LogP contribution in [0.5, 0.6) is 5.75 Å². The Morgan fingerprint density at radius 3 is 2.54 bits per heavy atom. The number of hydrogen-bond acceptors (Lipinski definition) is 7. The van der Waals surface area contributed by atoms with Gasteiger partial charge in [0.05, 0.1) is 19.9 Å². The lowest BCUT2D eigenvalue weighted by molar-refractivity contribution is -0.165. The Labute approximate surface area is 203 Å². The van der Waals surface area contributed by atoms with E-state index in [1.807, 2.05) is 36.4 Å². The van der Waals surface area contributed by atoms with Crippen molar-refractivity contribution in [1.82, 2.24) is 15.1 Å². The molecule has 0 spiro atoms. The third-order valence-corrected chi connectivity index (χ3v) is 5.04. The SMILES string of the molecule is COc1cccc(CN(CCOC(=O)C(C)OC(C)=O)C(=O)Nc2ccc(-c3cn[nH]c3)cc2)c1. The number of aromatic nitrogens is 2. The highest BCUT2D eigenvalue weighted by Gasteiger charge is 2.20. The predicted octanol–water partition coefficient (Wildman–Crippen LogP) is 3.61. The number of hydrogen-bond donors (Lipinski definition) is 2. The summed E-state index contributed by atoms with van der Waals surface area (Å²) in [6.45, 7) is 2.95. The lowest BCUT2D eigenvalue weighted by Crippen LogP contribution is -2.38. The van der Waals surface area contributed by atoms with Crippen LogP contribution < -0.4 is 10.1 Å². The van der Waals surface area contributed by atoms with E-state index in [-0.39, 0.29) is 25.7 Å². The molecule has 1 aromatic heterocycles. The summed E-state index contributed by atoms with van der Waals surface area (Å²) in [5, 5.41) is 9.58. The summed E-state index contributed by atoms with van der Waals surface area (Å²) < 4.78 is 15.3. The Morgan fingerprint density at radius 1 is 1.11 bits per heavy atom. The van der Waals surface area contributed by atoms with E-state index < -0.39 is 18.0 Å². The first-order valence-corrected chi connectivity index (χ1v) is 11.0. The van der Waals surface area contributed by atoms with Crippen molar-refractivity contribution in [2.75, 3.05) is 25.6 Å². The van der Waals surface area contributed by atoms with Crippen molar-refractivity contribution in [2.24, 2.45) is 0 Å². The molecule has 0 saturated heterocycles. The van der Waals surface area contributed by atoms with E-state index in [2.05, 4.69) is 15.5 Å². The van der Waals surface area contributed by atoms with Gasteiger partial charge in [0.1, 0.15) is 12.4 Å². The first kappa shape index (κ1) is 25.3. The minimum atomic E-state index is -1.03. The van der Waals surface area contributed by atoms with Gasteiger partial charge in [-0.15, -0.1) is 0 Å². The highest BCUT2D eigenvalue weighted by molar-refractivity contribution is 5.89. The number of benzene rings is 2. The highest BCUT2D eigenvalue weighted by atomic mass is 16.6. The lowest BCUT2D eigenvalue weighted by Gasteiger charge is -2.24. The summed E-state index contributed by atoms with van der Waals surface area (Å²) in [5.41, 5.74) is 3.35. The highest BCUT2D eigenvalue weighted by Crippen LogP contribution is 2.21. The zero-order valence-electron chi connectivity index (χ0n) is 19.8. The Kier molecular flexibility index (Phi) is 8.82. The lowest BCUT2D eigenvalue weighted by atomic mass is 10.1. The molecule has 0 aliphatic heterocycles. The van der Waals surface area contributed by atoms with Gasteiger partial charge in [-0.3, -0.25) is 9.89 Å². The van der Waals surface area contributed by atoms with Gasteiger partial charge in [0.25, 0.3) is 0 Å². The fourth-order valence-electron chi connectivity index (χ4n) is 3.27. The maximum Gasteiger partial charge on any atom is 0.347 e. The molecule has 2 amide bonds. The molecule has 3 aromatic rings. The standard InChI is InChI=1S/C25H28N4O6/c1-17(35-18(2)30)24(31)34-12-11-29(16-19-5-4-6-23(13-19)33-3)25(32)28-22-9-7-20(8-10-22)21-14-26-27-15-21/h4-10,13-15,17H,11-12,16H2,1-3H3,(H,26,27)(H,28,32). The number of carbonyl (C=O) groups excluding carboxylic acids is 3. The number of ether oxygens (including phenoxy) is 3. The van der Waals surface area contributed by atoms with Crippen molar-refractivity contribution in [3.8, 4) is 16.9 Å². The van der Waals surface area contributed by atoms with E-state index >= 15 is 0 Å². The van der Waals surface area contributed by atoms with Gasteiger partial charge < -0.3 is 24.4 Å². The van der Waals surface area contributed by atoms with Crippen molar-refractivity contribution >= 4 is 23.7 Å². The fourth-order valence-corrected chi connectivity index (χ4v) is 3.27. The van der Waals surface area contributed by atoms with Crippen LogP contribution in [0, 0.1) is 0 Å². The molecule has 2 aromatic carbocycles. The Bertz CT molecular complexity index is 1130. The van der Waals surface area contributed by atoms with Crippen LogP contribution in [0.15, 0.2) is 60.9 Å². The second-order valence-corrected chi connectivity index (χ2v) is 7.69. The molecule has 3 rings (SSSR count). The van der Waals surface area contributed by atoms with Gasteiger partial charge in [-0.05, 0) is 42.3 Å². The predicted molar refractivity (Wildman–Crippen MR) is 129 cm³/mol. The third kappa shape index (κ3) is 7.60. The van der Waals surface area contributed by atoms with Gasteiger partial charge in [-0.1, -0.05) is 24.3 Å². The molecular formula is C25H28N4O6. The number of methoxy groups -OCH3 is 1. The van der Waals surface area contributed by atoms with E-state index in [0.29, 0.717) is 11.4 Å². The number of aromatic amines is 1. The van der Waals surface area contributed by atoms with Gasteiger partial charge in [0.2, 0.25) is 0 Å². The molecule has 0 fully saturated rings. The number of carbonyl (C=O) groups is 3. The topological polar surface area (TPSA) is 123 Å². The molecule has 0 bridgehead atoms. The number of rotatable bonds is 10. The molecule has 1 heterocycles. The average Bonchev–Trinajstić information content (AvgIpc) is 3.38. The summed E-state index contributed by atoms with van der Waals surface area (Å²) in [4.78, 5) is 37.7. The summed E-state index contributed by atoms with van der Waals surface area (Å²) in [6.07, 6.45) is 2.47. The Balaban J connectivity index is 1.66. The zero-order valence-corrected chi connectivity index (χ0v) is 19.8. The van der Waals surface area contributed by atoms with Crippen molar-refractivity contribution in [3.05, 3.63) is 66.5 Å². The largest absolute Gasteiger partial charge is 0.497 e. The van der Waals surface area contributed by atoms with Crippen LogP contribution in [0.4, 0.5) is 10.5 Å². The van der Waals surface area contributed by atoms with Crippen LogP contribution in [0.2, 0.25) is 0 Å². The minimum Gasteiger partial charge on any atom is -0.497 e. The Morgan fingerprint density at radius 2 is 1.89 bits per heavy atom. The zero-order chi connectivity index (χ0) is 25.2. The van der Waals surface area contributed by atoms with E-state index in [1.54, 1.807) is 31.6 Å². The molecule has 1 unspecified atom stereocenters. The second-order valence-electron chi connectivity index (χ2n) is 7.69. The van der Waals surface area contributed by atoms with E-state index in [1.165, 1.54) is 18.7 Å². The molecule has 1 atom stereocenters. The number of urea groups is 1. The first-order valence-electron chi connectivity index (χ1n) is 11.0. The van der Waals surface area contributed by atoms with Crippen LogP contribution in [0.3, 0.4) is 0 Å². The van der Waals surface area contributed by atoms with Gasteiger partial charge in [-0.2, -0.15) is 5.10 Å². The molecule has 184 valence electrons. The smallest absolute Gasteiger partial charge is 0.347 e. The summed E-state index contributed by atoms with van der Waals surface area (Å²) in [5.74, 6) is -0.594. The van der Waals surface area contributed by atoms with Gasteiger partial charge >= 0.3 is 18.0 Å². The van der Waals surface area contributed by atoms with E-state index in [4.69, 9.17) is 14.2 Å². The molecule has 35 heavy (non-hydrogen) atoms. The molecule has 0 aliphatic carbocycles. The van der Waals surface area contributed by atoms with Crippen molar-refractivity contribution in [1.29, 1.82) is 0 Å². The van der Waals surface area contributed by atoms with E-state index in [9.17, 15) is 14.4 Å². The summed E-state index contributed by atoms with van der Waals surface area (Å²) >= 11 is 0. The Hall–Kier alpha value is -4.34. The number of nitrogens with zero attached hydrogens (tertiary/aromatic N) is 2. The van der Waals surface area contributed by atoms with Gasteiger partial charge in [0.15, 0.2) is 6.10 Å². The molecule has 0 aliphatic rings. The summed E-state index contributed by atoms with van der Waals surface area (Å²) in [6, 6.07) is 14.3. The van der Waals surface area contributed by atoms with Gasteiger partial charge in [0, 0.05) is 30.9 Å². The first-order chi connectivity index (χ1) is 16.9. The molecule has 0 radical (unpaired) electrons. The molecule has 2 N–H and O–H groups in total. The average molecular weight is 481 g/mol. The van der Waals surface area contributed by atoms with E-state index in [0.717, 1.165) is 16.7 Å². The van der Waals surface area contributed by atoms with Crippen molar-refractivity contribution in [2.45, 2.75) is 26.5 Å². The normalized spacial score (nSPS) is 11.3. The van der Waals surface area contributed by atoms with Crippen LogP contribution in [0.25, 0.3) is 11.1 Å². The fraction of sp³-hybridized carbons (Fsp3) is 0.280.